The Morgan fingerprint density at radius 1 is 1.47 bits per heavy atom. The molecule has 0 bridgehead atoms. The summed E-state index contributed by atoms with van der Waals surface area (Å²) >= 11 is 5.27. The number of rotatable bonds is 3. The predicted molar refractivity (Wildman–Crippen MR) is 81.9 cm³/mol. The van der Waals surface area contributed by atoms with Crippen LogP contribution >= 0.6 is 19.7 Å². The molecule has 19 heavy (non-hydrogen) atoms. The van der Waals surface area contributed by atoms with Crippen molar-refractivity contribution in [1.29, 1.82) is 0 Å². The summed E-state index contributed by atoms with van der Waals surface area (Å²) in [5, 5.41) is 2.73. The Balaban J connectivity index is 2.56. The molecule has 1 N–H and O–H groups in total. The minimum atomic E-state index is -3.14. The molecule has 1 heterocycles. The molecule has 1 aromatic rings. The lowest BCUT2D eigenvalue weighted by Gasteiger charge is -2.32. The van der Waals surface area contributed by atoms with Crippen molar-refractivity contribution in [3.63, 3.8) is 0 Å². The largest absolute Gasteiger partial charge is 0.343 e. The van der Waals surface area contributed by atoms with E-state index >= 15 is 0 Å². The lowest BCUT2D eigenvalue weighted by Crippen LogP contribution is -2.35. The average molecular weight is 294 g/mol. The van der Waals surface area contributed by atoms with Crippen molar-refractivity contribution in [2.45, 2.75) is 19.1 Å². The molecule has 100 valence electrons. The van der Waals surface area contributed by atoms with Crippen LogP contribution in [0.4, 0.5) is 0 Å². The molecular formula is C12H16BN2O2PS. The molecule has 0 aromatic heterocycles. The molecule has 0 saturated carbocycles. The molecule has 2 rings (SSSR count). The molecule has 2 radical (unpaired) electrons. The molecule has 1 fully saturated rings. The van der Waals surface area contributed by atoms with Crippen molar-refractivity contribution in [2.75, 3.05) is 13.7 Å². The zero-order chi connectivity index (χ0) is 14.3. The Hall–Kier alpha value is -0.835. The third kappa shape index (κ3) is 2.02. The van der Waals surface area contributed by atoms with Gasteiger partial charge in [0.25, 0.3) is 0 Å². The molecule has 0 spiro atoms. The van der Waals surface area contributed by atoms with Crippen LogP contribution < -0.4 is 10.8 Å². The number of benzene rings is 1. The van der Waals surface area contributed by atoms with Crippen LogP contribution in [0.2, 0.25) is 0 Å². The summed E-state index contributed by atoms with van der Waals surface area (Å²) in [5.74, 6) is 0. The molecule has 0 amide bonds. The summed E-state index contributed by atoms with van der Waals surface area (Å²) < 4.78 is 20.2. The summed E-state index contributed by atoms with van der Waals surface area (Å²) in [4.78, 5) is 0. The van der Waals surface area contributed by atoms with Crippen LogP contribution in [0.15, 0.2) is 24.3 Å². The quantitative estimate of drug-likeness (QED) is 0.522. The highest BCUT2D eigenvalue weighted by atomic mass is 32.1. The highest BCUT2D eigenvalue weighted by Gasteiger charge is 2.57. The topological polar surface area (TPSA) is 41.6 Å². The molecular weight excluding hydrogens is 278 g/mol. The van der Waals surface area contributed by atoms with E-state index in [0.29, 0.717) is 17.1 Å². The van der Waals surface area contributed by atoms with E-state index in [9.17, 15) is 4.57 Å². The van der Waals surface area contributed by atoms with Gasteiger partial charge in [-0.3, -0.25) is 9.24 Å². The first-order chi connectivity index (χ1) is 8.89. The Morgan fingerprint density at radius 2 is 2.05 bits per heavy atom. The van der Waals surface area contributed by atoms with Crippen molar-refractivity contribution in [1.82, 2.24) is 9.99 Å². The van der Waals surface area contributed by atoms with Gasteiger partial charge in [-0.1, -0.05) is 29.7 Å². The molecule has 1 saturated heterocycles. The van der Waals surface area contributed by atoms with Gasteiger partial charge in [0.05, 0.1) is 0 Å². The second-order valence-electron chi connectivity index (χ2n) is 4.54. The van der Waals surface area contributed by atoms with E-state index in [1.54, 1.807) is 16.8 Å². The Bertz CT molecular complexity index is 551. The third-order valence-electron chi connectivity index (χ3n) is 3.49. The molecule has 1 aliphatic rings. The minimum Gasteiger partial charge on any atom is -0.343 e. The van der Waals surface area contributed by atoms with E-state index in [1.165, 1.54) is 7.11 Å². The van der Waals surface area contributed by atoms with Crippen LogP contribution in [0.25, 0.3) is 0 Å². The highest BCUT2D eigenvalue weighted by Crippen LogP contribution is 2.67. The van der Waals surface area contributed by atoms with Gasteiger partial charge in [0, 0.05) is 13.7 Å². The second-order valence-corrected chi connectivity index (χ2v) is 7.71. The summed E-state index contributed by atoms with van der Waals surface area (Å²) in [5.41, 5.74) is 1.50. The molecule has 0 aliphatic carbocycles. The Labute approximate surface area is 120 Å². The van der Waals surface area contributed by atoms with Gasteiger partial charge in [0.2, 0.25) is 0 Å². The maximum Gasteiger partial charge on any atom is 0.327 e. The highest BCUT2D eigenvalue weighted by molar-refractivity contribution is 7.81. The van der Waals surface area contributed by atoms with Crippen molar-refractivity contribution in [2.24, 2.45) is 0 Å². The van der Waals surface area contributed by atoms with Crippen LogP contribution in [-0.4, -0.2) is 31.3 Å². The van der Waals surface area contributed by atoms with Gasteiger partial charge in [-0.25, -0.2) is 0 Å². The van der Waals surface area contributed by atoms with E-state index < -0.39 is 12.8 Å². The lowest BCUT2D eigenvalue weighted by atomic mass is 9.94. The van der Waals surface area contributed by atoms with Crippen molar-refractivity contribution >= 4 is 38.2 Å². The number of nitrogens with zero attached hydrogens (tertiary/aromatic N) is 1. The summed E-state index contributed by atoms with van der Waals surface area (Å²) in [6.45, 7) is 4.26. The van der Waals surface area contributed by atoms with E-state index in [4.69, 9.17) is 24.6 Å². The van der Waals surface area contributed by atoms with Crippen LogP contribution in [0.5, 0.6) is 0 Å². The first-order valence-corrected chi connectivity index (χ1v) is 7.99. The number of hydrogen-bond donors (Lipinski definition) is 1. The Morgan fingerprint density at radius 3 is 2.53 bits per heavy atom. The summed E-state index contributed by atoms with van der Waals surface area (Å²) in [6, 6.07) is 7.24. The number of hydrogen-bond acceptors (Lipinski definition) is 3. The molecule has 2 unspecified atom stereocenters. The zero-order valence-corrected chi connectivity index (χ0v) is 12.9. The maximum absolute atomic E-state index is 13.2. The normalized spacial score (nSPS) is 30.5. The van der Waals surface area contributed by atoms with E-state index in [0.717, 1.165) is 5.56 Å². The van der Waals surface area contributed by atoms with Gasteiger partial charge >= 0.3 is 7.52 Å². The average Bonchev–Trinajstić information content (AvgIpc) is 2.58. The fourth-order valence-electron chi connectivity index (χ4n) is 2.36. The molecule has 7 heteroatoms. The predicted octanol–water partition coefficient (Wildman–Crippen LogP) is 1.70. The van der Waals surface area contributed by atoms with Gasteiger partial charge in [-0.2, -0.15) is 0 Å². The van der Waals surface area contributed by atoms with Gasteiger partial charge in [0.15, 0.2) is 10.4 Å². The SMILES string of the molecule is [B]c1ccc(C2(C)NC(=S)N(CC)P2(=O)OC)cc1. The second kappa shape index (κ2) is 4.93. The summed E-state index contributed by atoms with van der Waals surface area (Å²) in [6.07, 6.45) is 0. The molecule has 1 aliphatic heterocycles. The van der Waals surface area contributed by atoms with Crippen LogP contribution in [0, 0.1) is 0 Å². The fraction of sp³-hybridized carbons (Fsp3) is 0.417. The fourth-order valence-corrected chi connectivity index (χ4v) is 5.52. The first kappa shape index (κ1) is 14.6. The van der Waals surface area contributed by atoms with Gasteiger partial charge in [0.1, 0.15) is 7.85 Å². The van der Waals surface area contributed by atoms with Crippen molar-refractivity contribution < 1.29 is 9.09 Å². The van der Waals surface area contributed by atoms with Crippen LogP contribution in [0.1, 0.15) is 19.4 Å². The van der Waals surface area contributed by atoms with Gasteiger partial charge < -0.3 is 9.84 Å². The minimum absolute atomic E-state index is 0.451. The smallest absolute Gasteiger partial charge is 0.327 e. The van der Waals surface area contributed by atoms with Gasteiger partial charge in [-0.05, 0) is 31.6 Å². The Kier molecular flexibility index (Phi) is 3.78. The molecule has 4 nitrogen and oxygen atoms in total. The van der Waals surface area contributed by atoms with Crippen LogP contribution in [-0.2, 0) is 14.4 Å². The van der Waals surface area contributed by atoms with E-state index in [-0.39, 0.29) is 0 Å². The van der Waals surface area contributed by atoms with E-state index in [2.05, 4.69) is 5.32 Å². The van der Waals surface area contributed by atoms with Crippen molar-refractivity contribution in [3.8, 4) is 0 Å². The molecule has 1 aromatic carbocycles. The first-order valence-electron chi connectivity index (χ1n) is 6.01. The number of thiocarbonyl (C=S) groups is 1. The monoisotopic (exact) mass is 294 g/mol. The lowest BCUT2D eigenvalue weighted by molar-refractivity contribution is 0.335. The third-order valence-corrected chi connectivity index (χ3v) is 7.06. The zero-order valence-electron chi connectivity index (χ0n) is 11.2. The maximum atomic E-state index is 13.2. The van der Waals surface area contributed by atoms with Crippen molar-refractivity contribution in [3.05, 3.63) is 29.8 Å². The van der Waals surface area contributed by atoms with Gasteiger partial charge in [-0.15, -0.1) is 0 Å². The van der Waals surface area contributed by atoms with E-state index in [1.807, 2.05) is 26.0 Å². The summed E-state index contributed by atoms with van der Waals surface area (Å²) in [7, 11) is 4.01. The van der Waals surface area contributed by atoms with Crippen LogP contribution in [0.3, 0.4) is 0 Å². The number of nitrogens with one attached hydrogen (secondary N) is 1. The standard InChI is InChI=1S/C12H16BN2O2PS/c1-4-15-11(19)14-12(2,18(15,16)17-3)9-5-7-10(13)8-6-9/h5-8H,4H2,1-3H3,(H,14,19). The molecule has 2 atom stereocenters.